The van der Waals surface area contributed by atoms with Crippen LogP contribution < -0.4 is 20.9 Å². The molecule has 96 valence electrons. The Kier molecular flexibility index (Phi) is 3.47. The Balaban J connectivity index is 2.45. The van der Waals surface area contributed by atoms with E-state index in [1.54, 1.807) is 19.2 Å². The molecule has 0 amide bonds. The molecule has 0 radical (unpaired) electrons. The summed E-state index contributed by atoms with van der Waals surface area (Å²) in [4.78, 5) is 8.25. The second-order valence-electron chi connectivity index (χ2n) is 4.08. The van der Waals surface area contributed by atoms with Crippen molar-refractivity contribution in [3.63, 3.8) is 0 Å². The highest BCUT2D eigenvalue weighted by Gasteiger charge is 2.09. The molecular formula is C12H16N4O2. The van der Waals surface area contributed by atoms with Gasteiger partial charge in [0.1, 0.15) is 18.7 Å². The average Bonchev–Trinajstić information content (AvgIpc) is 2.35. The van der Waals surface area contributed by atoms with E-state index in [9.17, 15) is 0 Å². The predicted octanol–water partition coefficient (Wildman–Crippen LogP) is 0.947. The molecule has 2 rings (SSSR count). The SMILES string of the molecule is COc1cc2ncnc(OC[C@H](C)N)c2cc1N. The zero-order valence-electron chi connectivity index (χ0n) is 10.4. The Bertz CT molecular complexity index is 557. The van der Waals surface area contributed by atoms with Crippen LogP contribution in [0.15, 0.2) is 18.5 Å². The molecule has 2 aromatic rings. The zero-order valence-corrected chi connectivity index (χ0v) is 10.4. The highest BCUT2D eigenvalue weighted by atomic mass is 16.5. The van der Waals surface area contributed by atoms with Crippen LogP contribution in [-0.4, -0.2) is 29.7 Å². The number of nitrogens with two attached hydrogens (primary N) is 2. The molecule has 6 nitrogen and oxygen atoms in total. The minimum absolute atomic E-state index is 0.0642. The summed E-state index contributed by atoms with van der Waals surface area (Å²) in [5, 5.41) is 0.747. The number of nitrogens with zero attached hydrogens (tertiary/aromatic N) is 2. The summed E-state index contributed by atoms with van der Waals surface area (Å²) in [5.41, 5.74) is 12.7. The van der Waals surface area contributed by atoms with Gasteiger partial charge in [0.2, 0.25) is 5.88 Å². The van der Waals surface area contributed by atoms with Crippen molar-refractivity contribution in [2.24, 2.45) is 5.73 Å². The third-order valence-electron chi connectivity index (χ3n) is 2.43. The fourth-order valence-electron chi connectivity index (χ4n) is 1.58. The van der Waals surface area contributed by atoms with E-state index in [4.69, 9.17) is 20.9 Å². The molecule has 0 aliphatic carbocycles. The molecule has 1 atom stereocenters. The molecule has 0 saturated heterocycles. The maximum absolute atomic E-state index is 5.86. The molecule has 0 saturated carbocycles. The van der Waals surface area contributed by atoms with E-state index in [1.807, 2.05) is 6.92 Å². The van der Waals surface area contributed by atoms with Gasteiger partial charge in [0.25, 0.3) is 0 Å². The number of benzene rings is 1. The van der Waals surface area contributed by atoms with Gasteiger partial charge < -0.3 is 20.9 Å². The molecule has 0 fully saturated rings. The van der Waals surface area contributed by atoms with Crippen LogP contribution in [0.1, 0.15) is 6.92 Å². The van der Waals surface area contributed by atoms with E-state index in [0.29, 0.717) is 23.9 Å². The smallest absolute Gasteiger partial charge is 0.224 e. The quantitative estimate of drug-likeness (QED) is 0.782. The third-order valence-corrected chi connectivity index (χ3v) is 2.43. The van der Waals surface area contributed by atoms with Gasteiger partial charge in [-0.1, -0.05) is 0 Å². The molecule has 1 heterocycles. The Morgan fingerprint density at radius 3 is 2.78 bits per heavy atom. The van der Waals surface area contributed by atoms with Crippen LogP contribution >= 0.6 is 0 Å². The van der Waals surface area contributed by atoms with Crippen LogP contribution in [0.4, 0.5) is 5.69 Å². The number of ether oxygens (including phenoxy) is 2. The Labute approximate surface area is 105 Å². The Morgan fingerprint density at radius 2 is 2.11 bits per heavy atom. The lowest BCUT2D eigenvalue weighted by Gasteiger charge is -2.11. The van der Waals surface area contributed by atoms with Gasteiger partial charge in [0.05, 0.1) is 23.7 Å². The number of anilines is 1. The second kappa shape index (κ2) is 5.05. The summed E-state index contributed by atoms with van der Waals surface area (Å²) in [6.07, 6.45) is 1.44. The fourth-order valence-corrected chi connectivity index (χ4v) is 1.58. The zero-order chi connectivity index (χ0) is 13.1. The first-order valence-corrected chi connectivity index (χ1v) is 5.58. The number of hydrogen-bond acceptors (Lipinski definition) is 6. The molecule has 0 aliphatic heterocycles. The number of rotatable bonds is 4. The number of aromatic nitrogens is 2. The van der Waals surface area contributed by atoms with Crippen molar-refractivity contribution in [1.29, 1.82) is 0 Å². The summed E-state index contributed by atoms with van der Waals surface area (Å²) in [5.74, 6) is 1.06. The van der Waals surface area contributed by atoms with Crippen LogP contribution in [-0.2, 0) is 0 Å². The summed E-state index contributed by atoms with van der Waals surface area (Å²) >= 11 is 0. The number of nitrogen functional groups attached to an aromatic ring is 1. The molecule has 1 aromatic carbocycles. The van der Waals surface area contributed by atoms with Crippen LogP contribution in [0, 0.1) is 0 Å². The van der Waals surface area contributed by atoms with Crippen molar-refractivity contribution in [1.82, 2.24) is 9.97 Å². The molecule has 0 unspecified atom stereocenters. The van der Waals surface area contributed by atoms with E-state index >= 15 is 0 Å². The monoisotopic (exact) mass is 248 g/mol. The summed E-state index contributed by atoms with van der Waals surface area (Å²) < 4.78 is 10.7. The maximum atomic E-state index is 5.86. The Hall–Kier alpha value is -2.08. The first-order valence-electron chi connectivity index (χ1n) is 5.58. The molecule has 0 aliphatic rings. The summed E-state index contributed by atoms with van der Waals surface area (Å²) in [6, 6.07) is 3.43. The molecule has 0 spiro atoms. The van der Waals surface area contributed by atoms with E-state index in [0.717, 1.165) is 10.9 Å². The minimum Gasteiger partial charge on any atom is -0.495 e. The van der Waals surface area contributed by atoms with Crippen molar-refractivity contribution in [2.75, 3.05) is 19.5 Å². The van der Waals surface area contributed by atoms with Gasteiger partial charge in [-0.2, -0.15) is 0 Å². The van der Waals surface area contributed by atoms with Crippen LogP contribution in [0.2, 0.25) is 0 Å². The van der Waals surface area contributed by atoms with Crippen molar-refractivity contribution in [2.45, 2.75) is 13.0 Å². The highest BCUT2D eigenvalue weighted by Crippen LogP contribution is 2.30. The number of fused-ring (bicyclic) bond motifs is 1. The molecule has 4 N–H and O–H groups in total. The highest BCUT2D eigenvalue weighted by molar-refractivity contribution is 5.88. The normalized spacial score (nSPS) is 12.4. The lowest BCUT2D eigenvalue weighted by atomic mass is 10.2. The average molecular weight is 248 g/mol. The lowest BCUT2D eigenvalue weighted by molar-refractivity contribution is 0.288. The number of hydrogen-bond donors (Lipinski definition) is 2. The van der Waals surface area contributed by atoms with Gasteiger partial charge in [-0.3, -0.25) is 0 Å². The largest absolute Gasteiger partial charge is 0.495 e. The third kappa shape index (κ3) is 2.43. The molecular weight excluding hydrogens is 232 g/mol. The van der Waals surface area contributed by atoms with Crippen LogP contribution in [0.3, 0.4) is 0 Å². The van der Waals surface area contributed by atoms with Crippen LogP contribution in [0.5, 0.6) is 11.6 Å². The second-order valence-corrected chi connectivity index (χ2v) is 4.08. The minimum atomic E-state index is -0.0642. The van der Waals surface area contributed by atoms with Crippen molar-refractivity contribution >= 4 is 16.6 Å². The van der Waals surface area contributed by atoms with Crippen molar-refractivity contribution in [3.05, 3.63) is 18.5 Å². The van der Waals surface area contributed by atoms with Crippen molar-refractivity contribution < 1.29 is 9.47 Å². The van der Waals surface area contributed by atoms with Gasteiger partial charge in [-0.25, -0.2) is 9.97 Å². The van der Waals surface area contributed by atoms with Gasteiger partial charge in [0, 0.05) is 12.1 Å². The molecule has 0 bridgehead atoms. The van der Waals surface area contributed by atoms with Crippen LogP contribution in [0.25, 0.3) is 10.9 Å². The lowest BCUT2D eigenvalue weighted by Crippen LogP contribution is -2.24. The number of methoxy groups -OCH3 is 1. The predicted molar refractivity (Wildman–Crippen MR) is 69.6 cm³/mol. The van der Waals surface area contributed by atoms with Crippen molar-refractivity contribution in [3.8, 4) is 11.6 Å². The first-order chi connectivity index (χ1) is 8.61. The summed E-state index contributed by atoms with van der Waals surface area (Å²) in [6.45, 7) is 2.25. The van der Waals surface area contributed by atoms with E-state index in [1.165, 1.54) is 6.33 Å². The molecule has 18 heavy (non-hydrogen) atoms. The molecule has 1 aromatic heterocycles. The fraction of sp³-hybridized carbons (Fsp3) is 0.333. The van der Waals surface area contributed by atoms with E-state index in [2.05, 4.69) is 9.97 Å². The van der Waals surface area contributed by atoms with Gasteiger partial charge in [0.15, 0.2) is 0 Å². The first kappa shape index (κ1) is 12.4. The van der Waals surface area contributed by atoms with Gasteiger partial charge in [-0.15, -0.1) is 0 Å². The van der Waals surface area contributed by atoms with E-state index in [-0.39, 0.29) is 6.04 Å². The standard InChI is InChI=1S/C12H16N4O2/c1-7(13)5-18-12-8-3-9(14)11(17-2)4-10(8)15-6-16-12/h3-4,6-7H,5,13-14H2,1-2H3/t7-/m0/s1. The molecule has 6 heteroatoms. The summed E-state index contributed by atoms with van der Waals surface area (Å²) in [7, 11) is 1.56. The topological polar surface area (TPSA) is 96.3 Å². The maximum Gasteiger partial charge on any atom is 0.224 e. The Morgan fingerprint density at radius 1 is 1.33 bits per heavy atom. The van der Waals surface area contributed by atoms with E-state index < -0.39 is 0 Å². The van der Waals surface area contributed by atoms with Gasteiger partial charge in [-0.05, 0) is 13.0 Å². The van der Waals surface area contributed by atoms with Gasteiger partial charge >= 0.3 is 0 Å².